The molecule has 6 nitrogen and oxygen atoms in total. The lowest BCUT2D eigenvalue weighted by molar-refractivity contribution is -0.137. The van der Waals surface area contributed by atoms with Gasteiger partial charge in [-0.1, -0.05) is 12.1 Å². The summed E-state index contributed by atoms with van der Waals surface area (Å²) in [6.45, 7) is 1.59. The Morgan fingerprint density at radius 3 is 2.78 bits per heavy atom. The van der Waals surface area contributed by atoms with E-state index in [1.54, 1.807) is 25.1 Å². The van der Waals surface area contributed by atoms with Gasteiger partial charge in [0.2, 0.25) is 0 Å². The number of alkyl halides is 5. The SMILES string of the molecule is Cc1ncc(NC(=O)c2cncc(C(F)(F)F)c2)cc1-c1ccc2c(c1)N1CCOC[C@H]1[C@](F)(CF)C2. The highest BCUT2D eigenvalue weighted by atomic mass is 19.4. The number of anilines is 2. The van der Waals surface area contributed by atoms with E-state index >= 15 is 4.39 Å². The fourth-order valence-corrected chi connectivity index (χ4v) is 4.86. The molecule has 1 fully saturated rings. The number of hydrogen-bond acceptors (Lipinski definition) is 5. The summed E-state index contributed by atoms with van der Waals surface area (Å²) in [6.07, 6.45) is -1.58. The molecule has 1 amide bonds. The molecule has 0 radical (unpaired) electrons. The number of benzene rings is 1. The molecule has 4 heterocycles. The third-order valence-electron chi connectivity index (χ3n) is 6.81. The van der Waals surface area contributed by atoms with Crippen molar-refractivity contribution < 1.29 is 31.5 Å². The maximum absolute atomic E-state index is 15.4. The van der Waals surface area contributed by atoms with Crippen LogP contribution in [0.4, 0.5) is 33.3 Å². The average molecular weight is 518 g/mol. The summed E-state index contributed by atoms with van der Waals surface area (Å²) in [5, 5.41) is 2.57. The minimum absolute atomic E-state index is 0.0675. The Labute approximate surface area is 209 Å². The van der Waals surface area contributed by atoms with Gasteiger partial charge in [0, 0.05) is 42.3 Å². The van der Waals surface area contributed by atoms with Crippen molar-refractivity contribution in [2.75, 3.05) is 36.6 Å². The van der Waals surface area contributed by atoms with Crippen LogP contribution in [-0.2, 0) is 17.3 Å². The molecule has 0 aliphatic carbocycles. The molecular weight excluding hydrogens is 495 g/mol. The van der Waals surface area contributed by atoms with E-state index in [1.807, 2.05) is 11.0 Å². The van der Waals surface area contributed by atoms with E-state index in [0.717, 1.165) is 23.5 Å². The molecule has 1 saturated heterocycles. The Kier molecular flexibility index (Phi) is 6.35. The zero-order chi connectivity index (χ0) is 26.4. The van der Waals surface area contributed by atoms with Crippen molar-refractivity contribution in [1.29, 1.82) is 0 Å². The second-order valence-corrected chi connectivity index (χ2v) is 9.24. The normalized spacial score (nSPS) is 21.2. The lowest BCUT2D eigenvalue weighted by Gasteiger charge is -2.48. The zero-order valence-corrected chi connectivity index (χ0v) is 19.8. The first kappa shape index (κ1) is 25.1. The van der Waals surface area contributed by atoms with Crippen molar-refractivity contribution in [3.05, 3.63) is 71.3 Å². The molecule has 0 spiro atoms. The molecule has 2 atom stereocenters. The summed E-state index contributed by atoms with van der Waals surface area (Å²) < 4.78 is 73.5. The largest absolute Gasteiger partial charge is 0.417 e. The van der Waals surface area contributed by atoms with Crippen LogP contribution < -0.4 is 10.2 Å². The van der Waals surface area contributed by atoms with Gasteiger partial charge in [0.1, 0.15) is 6.67 Å². The maximum atomic E-state index is 15.4. The Balaban J connectivity index is 1.45. The van der Waals surface area contributed by atoms with Crippen molar-refractivity contribution in [2.24, 2.45) is 0 Å². The lowest BCUT2D eigenvalue weighted by atomic mass is 9.82. The first-order valence-electron chi connectivity index (χ1n) is 11.6. The van der Waals surface area contributed by atoms with Crippen LogP contribution in [-0.4, -0.2) is 54.0 Å². The standard InChI is InChI=1S/C26H23F5N4O2/c1-15-21(8-20(12-33-15)34-24(36)18-6-19(11-32-10-18)26(29,30)31)16-2-3-17-9-25(28,14-27)23-13-37-5-4-35(23)22(17)7-16/h2-3,6-8,10-12,23H,4-5,9,13-14H2,1H3,(H,34,36)/t23-,25+/m0/s1. The lowest BCUT2D eigenvalue weighted by Crippen LogP contribution is -2.61. The van der Waals surface area contributed by atoms with Gasteiger partial charge in [-0.3, -0.25) is 14.8 Å². The highest BCUT2D eigenvalue weighted by molar-refractivity contribution is 6.04. The first-order valence-corrected chi connectivity index (χ1v) is 11.6. The van der Waals surface area contributed by atoms with Crippen LogP contribution in [0.3, 0.4) is 0 Å². The molecule has 0 saturated carbocycles. The van der Waals surface area contributed by atoms with Gasteiger partial charge in [-0.25, -0.2) is 8.78 Å². The van der Waals surface area contributed by atoms with Crippen LogP contribution in [0.25, 0.3) is 11.1 Å². The van der Waals surface area contributed by atoms with E-state index in [0.29, 0.717) is 36.2 Å². The summed E-state index contributed by atoms with van der Waals surface area (Å²) in [6, 6.07) is 7.10. The molecule has 1 N–H and O–H groups in total. The van der Waals surface area contributed by atoms with E-state index in [-0.39, 0.29) is 24.3 Å². The molecule has 2 aliphatic rings. The van der Waals surface area contributed by atoms with Gasteiger partial charge >= 0.3 is 6.18 Å². The molecule has 0 bridgehead atoms. The summed E-state index contributed by atoms with van der Waals surface area (Å²) >= 11 is 0. The number of aryl methyl sites for hydroxylation is 1. The van der Waals surface area contributed by atoms with E-state index in [4.69, 9.17) is 4.74 Å². The fraction of sp³-hybridized carbons (Fsp3) is 0.346. The molecule has 2 aliphatic heterocycles. The highest BCUT2D eigenvalue weighted by Crippen LogP contribution is 2.42. The Hall–Kier alpha value is -3.60. The van der Waals surface area contributed by atoms with Crippen molar-refractivity contribution in [1.82, 2.24) is 9.97 Å². The smallest absolute Gasteiger partial charge is 0.377 e. The molecule has 37 heavy (non-hydrogen) atoms. The van der Waals surface area contributed by atoms with Crippen LogP contribution in [0, 0.1) is 6.92 Å². The summed E-state index contributed by atoms with van der Waals surface area (Å²) in [5.41, 5.74) is 0.532. The minimum atomic E-state index is -4.63. The Morgan fingerprint density at radius 2 is 2.03 bits per heavy atom. The van der Waals surface area contributed by atoms with Gasteiger partial charge in [0.15, 0.2) is 5.67 Å². The number of hydrogen-bond donors (Lipinski definition) is 1. The third kappa shape index (κ3) is 4.75. The second kappa shape index (κ2) is 9.37. The number of fused-ring (bicyclic) bond motifs is 3. The topological polar surface area (TPSA) is 67.4 Å². The molecule has 194 valence electrons. The van der Waals surface area contributed by atoms with Crippen LogP contribution in [0.2, 0.25) is 0 Å². The number of aromatic nitrogens is 2. The molecule has 3 aromatic rings. The summed E-state index contributed by atoms with van der Waals surface area (Å²) in [7, 11) is 0. The number of nitrogens with one attached hydrogen (secondary N) is 1. The molecule has 11 heteroatoms. The molecule has 1 aromatic carbocycles. The maximum Gasteiger partial charge on any atom is 0.417 e. The van der Waals surface area contributed by atoms with Crippen molar-refractivity contribution >= 4 is 17.3 Å². The highest BCUT2D eigenvalue weighted by Gasteiger charge is 2.48. The number of amides is 1. The quantitative estimate of drug-likeness (QED) is 0.484. The van der Waals surface area contributed by atoms with Crippen LogP contribution in [0.5, 0.6) is 0 Å². The van der Waals surface area contributed by atoms with E-state index < -0.39 is 36.0 Å². The van der Waals surface area contributed by atoms with Gasteiger partial charge in [-0.15, -0.1) is 0 Å². The van der Waals surface area contributed by atoms with E-state index in [9.17, 15) is 22.4 Å². The van der Waals surface area contributed by atoms with Gasteiger partial charge in [0.25, 0.3) is 5.91 Å². The number of nitrogens with zero attached hydrogens (tertiary/aromatic N) is 3. The van der Waals surface area contributed by atoms with E-state index in [2.05, 4.69) is 15.3 Å². The van der Waals surface area contributed by atoms with Gasteiger partial charge in [0.05, 0.1) is 42.3 Å². The van der Waals surface area contributed by atoms with Crippen molar-refractivity contribution in [2.45, 2.75) is 31.2 Å². The van der Waals surface area contributed by atoms with E-state index in [1.165, 1.54) is 6.20 Å². The van der Waals surface area contributed by atoms with Crippen LogP contribution >= 0.6 is 0 Å². The van der Waals surface area contributed by atoms with Crippen molar-refractivity contribution in [3.8, 4) is 11.1 Å². The first-order chi connectivity index (χ1) is 17.6. The van der Waals surface area contributed by atoms with Gasteiger partial charge in [-0.05, 0) is 36.2 Å². The number of pyridine rings is 2. The molecular formula is C26H23F5N4O2. The van der Waals surface area contributed by atoms with Gasteiger partial charge < -0.3 is 15.0 Å². The fourth-order valence-electron chi connectivity index (χ4n) is 4.86. The van der Waals surface area contributed by atoms with Crippen LogP contribution in [0.1, 0.15) is 27.2 Å². The Morgan fingerprint density at radius 1 is 1.22 bits per heavy atom. The summed E-state index contributed by atoms with van der Waals surface area (Å²) in [5.74, 6) is -0.762. The minimum Gasteiger partial charge on any atom is -0.377 e. The number of rotatable bonds is 4. The second-order valence-electron chi connectivity index (χ2n) is 9.24. The molecule has 5 rings (SSSR count). The third-order valence-corrected chi connectivity index (χ3v) is 6.81. The van der Waals surface area contributed by atoms with Crippen molar-refractivity contribution in [3.63, 3.8) is 0 Å². The predicted octanol–water partition coefficient (Wildman–Crippen LogP) is 5.16. The number of carbonyl (C=O) groups excluding carboxylic acids is 1. The number of carbonyl (C=O) groups is 1. The zero-order valence-electron chi connectivity index (χ0n) is 19.8. The number of ether oxygens (including phenoxy) is 1. The molecule has 2 aromatic heterocycles. The van der Waals surface area contributed by atoms with Gasteiger partial charge in [-0.2, -0.15) is 13.2 Å². The average Bonchev–Trinajstić information content (AvgIpc) is 2.89. The summed E-state index contributed by atoms with van der Waals surface area (Å²) in [4.78, 5) is 22.3. The number of halogens is 5. The number of morpholine rings is 1. The predicted molar refractivity (Wildman–Crippen MR) is 127 cm³/mol. The molecule has 0 unspecified atom stereocenters. The van der Waals surface area contributed by atoms with Crippen LogP contribution in [0.15, 0.2) is 48.9 Å². The Bertz CT molecular complexity index is 1350. The monoisotopic (exact) mass is 518 g/mol.